The molecule has 0 bridgehead atoms. The minimum absolute atomic E-state index is 0.100. The number of benzene rings is 1. The third-order valence-corrected chi connectivity index (χ3v) is 3.53. The minimum atomic E-state index is -0.308. The molecule has 1 aromatic rings. The lowest BCUT2D eigenvalue weighted by atomic mass is 10.3. The molecule has 1 aliphatic rings. The number of anilines is 1. The number of hydrazine groups is 1. The van der Waals surface area contributed by atoms with E-state index in [0.717, 1.165) is 5.75 Å². The van der Waals surface area contributed by atoms with Crippen molar-refractivity contribution in [2.24, 2.45) is 0 Å². The smallest absolute Gasteiger partial charge is 0.237 e. The van der Waals surface area contributed by atoms with Crippen molar-refractivity contribution in [1.29, 1.82) is 0 Å². The molecule has 1 atom stereocenters. The van der Waals surface area contributed by atoms with E-state index in [9.17, 15) is 9.59 Å². The van der Waals surface area contributed by atoms with E-state index in [-0.39, 0.29) is 29.6 Å². The number of methoxy groups -OCH3 is 1. The van der Waals surface area contributed by atoms with Gasteiger partial charge in [0, 0.05) is 5.69 Å². The summed E-state index contributed by atoms with van der Waals surface area (Å²) in [5, 5.41) is 5.47. The van der Waals surface area contributed by atoms with Crippen LogP contribution in [0.3, 0.4) is 0 Å². The molecule has 8 heteroatoms. The molecule has 0 radical (unpaired) electrons. The van der Waals surface area contributed by atoms with Crippen LogP contribution in [0.1, 0.15) is 0 Å². The fourth-order valence-corrected chi connectivity index (χ4v) is 2.34. The maximum atomic E-state index is 11.8. The van der Waals surface area contributed by atoms with Gasteiger partial charge in [-0.3, -0.25) is 9.59 Å². The highest BCUT2D eigenvalue weighted by Gasteiger charge is 2.18. The Balaban J connectivity index is 1.75. The van der Waals surface area contributed by atoms with Gasteiger partial charge in [0.2, 0.25) is 11.8 Å². The molecule has 4 N–H and O–H groups in total. The second-order valence-electron chi connectivity index (χ2n) is 4.03. The molecule has 1 aliphatic heterocycles. The lowest BCUT2D eigenvalue weighted by molar-refractivity contribution is -0.122. The summed E-state index contributed by atoms with van der Waals surface area (Å²) in [5.74, 6) is 0.724. The molecular weight excluding hydrogens is 280 g/mol. The summed E-state index contributed by atoms with van der Waals surface area (Å²) in [6.45, 7) is 0.231. The van der Waals surface area contributed by atoms with Crippen LogP contribution >= 0.6 is 11.8 Å². The van der Waals surface area contributed by atoms with E-state index in [1.165, 1.54) is 11.8 Å². The molecule has 0 spiro atoms. The topological polar surface area (TPSA) is 91.5 Å². The first-order valence-electron chi connectivity index (χ1n) is 6.00. The van der Waals surface area contributed by atoms with Crippen LogP contribution in [0, 0.1) is 0 Å². The first-order valence-corrected chi connectivity index (χ1v) is 7.05. The van der Waals surface area contributed by atoms with Crippen LogP contribution in [0.5, 0.6) is 5.75 Å². The number of thioether (sulfide) groups is 1. The Hall–Kier alpha value is -1.77. The maximum absolute atomic E-state index is 11.8. The van der Waals surface area contributed by atoms with Crippen LogP contribution in [-0.2, 0) is 9.59 Å². The van der Waals surface area contributed by atoms with Crippen LogP contribution < -0.4 is 26.2 Å². The van der Waals surface area contributed by atoms with Crippen molar-refractivity contribution in [1.82, 2.24) is 16.2 Å². The lowest BCUT2D eigenvalue weighted by Gasteiger charge is -2.24. The summed E-state index contributed by atoms with van der Waals surface area (Å²) in [6.07, 6.45) is 0. The normalized spacial score (nSPS) is 18.2. The van der Waals surface area contributed by atoms with Gasteiger partial charge < -0.3 is 15.4 Å². The second-order valence-corrected chi connectivity index (χ2v) is 5.13. The molecule has 2 rings (SSSR count). The summed E-state index contributed by atoms with van der Waals surface area (Å²) in [5.41, 5.74) is 6.01. The Labute approximate surface area is 120 Å². The van der Waals surface area contributed by atoms with E-state index < -0.39 is 0 Å². The van der Waals surface area contributed by atoms with Gasteiger partial charge in [-0.2, -0.15) is 0 Å². The summed E-state index contributed by atoms with van der Waals surface area (Å²) in [6, 6.07) is 7.08. The zero-order chi connectivity index (χ0) is 14.4. The number of amides is 2. The van der Waals surface area contributed by atoms with Gasteiger partial charge >= 0.3 is 0 Å². The molecule has 2 amide bonds. The third kappa shape index (κ3) is 4.41. The summed E-state index contributed by atoms with van der Waals surface area (Å²) in [7, 11) is 1.59. The highest BCUT2D eigenvalue weighted by Crippen LogP contribution is 2.15. The molecule has 1 heterocycles. The predicted octanol–water partition coefficient (Wildman–Crippen LogP) is -0.125. The number of ether oxygens (including phenoxy) is 1. The highest BCUT2D eigenvalue weighted by atomic mass is 32.2. The molecule has 1 saturated heterocycles. The monoisotopic (exact) mass is 296 g/mol. The first-order chi connectivity index (χ1) is 9.67. The lowest BCUT2D eigenvalue weighted by Crippen LogP contribution is -2.58. The molecule has 108 valence electrons. The molecule has 1 unspecified atom stereocenters. The van der Waals surface area contributed by atoms with Crippen molar-refractivity contribution in [2.45, 2.75) is 5.50 Å². The van der Waals surface area contributed by atoms with Gasteiger partial charge in [-0.05, 0) is 24.3 Å². The molecule has 20 heavy (non-hydrogen) atoms. The molecule has 0 aliphatic carbocycles. The van der Waals surface area contributed by atoms with Crippen molar-refractivity contribution in [3.05, 3.63) is 24.3 Å². The van der Waals surface area contributed by atoms with Crippen LogP contribution in [0.25, 0.3) is 0 Å². The van der Waals surface area contributed by atoms with Gasteiger partial charge in [0.15, 0.2) is 0 Å². The minimum Gasteiger partial charge on any atom is -0.497 e. The number of carbonyl (C=O) groups is 2. The zero-order valence-corrected chi connectivity index (χ0v) is 11.8. The highest BCUT2D eigenvalue weighted by molar-refractivity contribution is 8.00. The van der Waals surface area contributed by atoms with E-state index in [0.29, 0.717) is 5.69 Å². The van der Waals surface area contributed by atoms with E-state index in [1.807, 2.05) is 0 Å². The van der Waals surface area contributed by atoms with Crippen LogP contribution in [0.2, 0.25) is 0 Å². The molecule has 7 nitrogen and oxygen atoms in total. The van der Waals surface area contributed by atoms with Gasteiger partial charge in [0.25, 0.3) is 0 Å². The Morgan fingerprint density at radius 2 is 2.20 bits per heavy atom. The number of rotatable bonds is 5. The van der Waals surface area contributed by atoms with Crippen molar-refractivity contribution < 1.29 is 14.3 Å². The van der Waals surface area contributed by atoms with Crippen LogP contribution in [-0.4, -0.2) is 36.7 Å². The van der Waals surface area contributed by atoms with Gasteiger partial charge in [-0.15, -0.1) is 11.8 Å². The van der Waals surface area contributed by atoms with Gasteiger partial charge in [-0.25, -0.2) is 10.9 Å². The zero-order valence-electron chi connectivity index (χ0n) is 10.9. The second kappa shape index (κ2) is 7.13. The number of hydrogen-bond acceptors (Lipinski definition) is 6. The van der Waals surface area contributed by atoms with Crippen molar-refractivity contribution in [2.75, 3.05) is 24.7 Å². The van der Waals surface area contributed by atoms with Crippen molar-refractivity contribution in [3.63, 3.8) is 0 Å². The van der Waals surface area contributed by atoms with Gasteiger partial charge in [0.1, 0.15) is 11.2 Å². The standard InChI is InChI=1S/C12H16N4O3S/c1-19-9-4-2-8(3-5-9)14-11(18)7-20-12-15-10(17)6-13-16-12/h2-5,12-13,16H,6-7H2,1H3,(H,14,18)(H,15,17). The Morgan fingerprint density at radius 3 is 2.85 bits per heavy atom. The predicted molar refractivity (Wildman–Crippen MR) is 77.2 cm³/mol. The fourth-order valence-electron chi connectivity index (χ4n) is 1.57. The molecule has 0 aromatic heterocycles. The van der Waals surface area contributed by atoms with Crippen LogP contribution in [0.15, 0.2) is 24.3 Å². The first kappa shape index (κ1) is 14.6. The summed E-state index contributed by atoms with van der Waals surface area (Å²) in [4.78, 5) is 22.9. The Kier molecular flexibility index (Phi) is 5.22. The summed E-state index contributed by atoms with van der Waals surface area (Å²) >= 11 is 1.29. The van der Waals surface area contributed by atoms with Gasteiger partial charge in [-0.1, -0.05) is 0 Å². The van der Waals surface area contributed by atoms with E-state index in [2.05, 4.69) is 21.5 Å². The Bertz CT molecular complexity index is 480. The molecule has 1 aromatic carbocycles. The van der Waals surface area contributed by atoms with Crippen molar-refractivity contribution in [3.8, 4) is 5.75 Å². The van der Waals surface area contributed by atoms with E-state index in [1.54, 1.807) is 31.4 Å². The Morgan fingerprint density at radius 1 is 1.45 bits per heavy atom. The number of hydrogen-bond donors (Lipinski definition) is 4. The third-order valence-electron chi connectivity index (χ3n) is 2.53. The molecule has 0 saturated carbocycles. The van der Waals surface area contributed by atoms with Crippen LogP contribution in [0.4, 0.5) is 5.69 Å². The SMILES string of the molecule is COc1ccc(NC(=O)CSC2NNCC(=O)N2)cc1. The maximum Gasteiger partial charge on any atom is 0.237 e. The largest absolute Gasteiger partial charge is 0.497 e. The molecule has 1 fully saturated rings. The number of carbonyl (C=O) groups excluding carboxylic acids is 2. The number of nitrogens with one attached hydrogen (secondary N) is 4. The average Bonchev–Trinajstić information content (AvgIpc) is 2.46. The van der Waals surface area contributed by atoms with Crippen molar-refractivity contribution >= 4 is 29.3 Å². The van der Waals surface area contributed by atoms with E-state index >= 15 is 0 Å². The average molecular weight is 296 g/mol. The summed E-state index contributed by atoms with van der Waals surface area (Å²) < 4.78 is 5.04. The van der Waals surface area contributed by atoms with E-state index in [4.69, 9.17) is 4.74 Å². The fraction of sp³-hybridized carbons (Fsp3) is 0.333. The molecular formula is C12H16N4O3S. The van der Waals surface area contributed by atoms with Gasteiger partial charge in [0.05, 0.1) is 19.4 Å². The quantitative estimate of drug-likeness (QED) is 0.605.